The van der Waals surface area contributed by atoms with Gasteiger partial charge in [0.25, 0.3) is 0 Å². The minimum Gasteiger partial charge on any atom is -0.451 e. The maximum absolute atomic E-state index is 12.7. The lowest BCUT2D eigenvalue weighted by atomic mass is 9.41. The molecule has 4 N–H and O–H groups in total. The zero-order valence-corrected chi connectivity index (χ0v) is 30.7. The summed E-state index contributed by atoms with van der Waals surface area (Å²) in [4.78, 5) is 12.4. The Labute approximate surface area is 291 Å². The lowest BCUT2D eigenvalue weighted by molar-refractivity contribution is -0.305. The van der Waals surface area contributed by atoms with Crippen LogP contribution in [0.3, 0.4) is 0 Å². The van der Waals surface area contributed by atoms with E-state index in [1.165, 1.54) is 6.08 Å². The van der Waals surface area contributed by atoms with E-state index in [1.54, 1.807) is 26.8 Å². The van der Waals surface area contributed by atoms with Crippen LogP contribution in [-0.2, 0) is 28.5 Å². The zero-order valence-electron chi connectivity index (χ0n) is 30.7. The quantitative estimate of drug-likeness (QED) is 0.188. The van der Waals surface area contributed by atoms with Crippen LogP contribution in [0.5, 0.6) is 0 Å². The summed E-state index contributed by atoms with van der Waals surface area (Å²) >= 11 is 0. The van der Waals surface area contributed by atoms with Crippen molar-refractivity contribution in [1.82, 2.24) is 0 Å². The summed E-state index contributed by atoms with van der Waals surface area (Å²) in [6, 6.07) is 0. The second-order valence-electron chi connectivity index (χ2n) is 19.2. The van der Waals surface area contributed by atoms with Crippen LogP contribution < -0.4 is 0 Å². The van der Waals surface area contributed by atoms with Crippen molar-refractivity contribution in [3.63, 3.8) is 0 Å². The highest BCUT2D eigenvalue weighted by atomic mass is 16.8. The van der Waals surface area contributed by atoms with E-state index >= 15 is 0 Å². The lowest BCUT2D eigenvalue weighted by Gasteiger charge is -2.63. The summed E-state index contributed by atoms with van der Waals surface area (Å²) in [6.45, 7) is 16.9. The van der Waals surface area contributed by atoms with E-state index in [0.29, 0.717) is 17.8 Å². The maximum atomic E-state index is 12.7. The molecule has 3 saturated heterocycles. The first-order valence-electron chi connectivity index (χ1n) is 19.1. The average Bonchev–Trinajstić information content (AvgIpc) is 3.53. The van der Waals surface area contributed by atoms with Gasteiger partial charge in [-0.05, 0) is 112 Å². The Morgan fingerprint density at radius 1 is 0.959 bits per heavy atom. The Morgan fingerprint density at radius 3 is 2.35 bits per heavy atom. The van der Waals surface area contributed by atoms with Gasteiger partial charge in [0.1, 0.15) is 24.4 Å². The third-order valence-corrected chi connectivity index (χ3v) is 16.4. The summed E-state index contributed by atoms with van der Waals surface area (Å²) in [6.07, 6.45) is 4.55. The van der Waals surface area contributed by atoms with Crippen LogP contribution >= 0.6 is 0 Å². The van der Waals surface area contributed by atoms with Gasteiger partial charge < -0.3 is 44.1 Å². The molecule has 3 heterocycles. The van der Waals surface area contributed by atoms with Crippen LogP contribution in [0.25, 0.3) is 0 Å². The van der Waals surface area contributed by atoms with E-state index in [2.05, 4.69) is 34.6 Å². The second-order valence-corrected chi connectivity index (χ2v) is 19.2. The first kappa shape index (κ1) is 34.9. The van der Waals surface area contributed by atoms with Gasteiger partial charge in [-0.15, -0.1) is 0 Å². The van der Waals surface area contributed by atoms with Crippen LogP contribution in [-0.4, -0.2) is 93.4 Å². The lowest BCUT2D eigenvalue weighted by Crippen LogP contribution is -2.61. The van der Waals surface area contributed by atoms with Crippen molar-refractivity contribution in [2.75, 3.05) is 6.61 Å². The van der Waals surface area contributed by atoms with Gasteiger partial charge >= 0.3 is 5.97 Å². The Balaban J connectivity index is 1.07. The van der Waals surface area contributed by atoms with Crippen molar-refractivity contribution >= 4 is 5.97 Å². The minimum atomic E-state index is -1.31. The van der Waals surface area contributed by atoms with Gasteiger partial charge in [-0.2, -0.15) is 0 Å². The van der Waals surface area contributed by atoms with Crippen LogP contribution in [0.2, 0.25) is 0 Å². The van der Waals surface area contributed by atoms with Crippen molar-refractivity contribution in [2.45, 2.75) is 167 Å². The molecular formula is C39H60O10. The summed E-state index contributed by atoms with van der Waals surface area (Å²) in [5.74, 6) is -0.638. The molecule has 5 aliphatic carbocycles. The first-order chi connectivity index (χ1) is 22.8. The smallest absolute Gasteiger partial charge is 0.330 e. The molecule has 8 rings (SSSR count). The fourth-order valence-electron chi connectivity index (χ4n) is 14.4. The van der Waals surface area contributed by atoms with E-state index in [0.717, 1.165) is 51.4 Å². The zero-order chi connectivity index (χ0) is 35.3. The van der Waals surface area contributed by atoms with E-state index in [1.807, 2.05) is 0 Å². The molecule has 49 heavy (non-hydrogen) atoms. The Hall–Kier alpha value is -1.11. The molecule has 17 atom stereocenters. The highest BCUT2D eigenvalue weighted by Gasteiger charge is 2.88. The molecular weight excluding hydrogens is 628 g/mol. The van der Waals surface area contributed by atoms with Crippen LogP contribution in [0, 0.1) is 50.7 Å². The van der Waals surface area contributed by atoms with Gasteiger partial charge in [-0.25, -0.2) is 4.79 Å². The normalized spacial score (nSPS) is 57.1. The monoisotopic (exact) mass is 688 g/mol. The third-order valence-electron chi connectivity index (χ3n) is 16.4. The number of carbonyl (C=O) groups is 1. The predicted octanol–water partition coefficient (Wildman–Crippen LogP) is 4.25. The number of hydrogen-bond donors (Lipinski definition) is 4. The van der Waals surface area contributed by atoms with Gasteiger partial charge in [0.15, 0.2) is 18.2 Å². The van der Waals surface area contributed by atoms with Gasteiger partial charge in [0, 0.05) is 17.4 Å². The van der Waals surface area contributed by atoms with Crippen LogP contribution in [0.4, 0.5) is 0 Å². The summed E-state index contributed by atoms with van der Waals surface area (Å²) in [5, 5.41) is 45.0. The number of esters is 1. The molecule has 0 aromatic rings. The molecule has 10 heteroatoms. The number of rotatable bonds is 5. The SMILES string of the molecule is CC=CC(=O)O[C@H]1[C@H](O[C@H]2CC[C@]34C[C@]35CC[C@]3(C)[C@H]6[C@H](C)C[C@H]7O[C@@]6(O[C@@H]7C(C)(C)O)[C@H](O)[C@@]3(C)[C@@H]5CC[C@H]4C2(C)C)OC[C@H](O)[C@@H]1O. The van der Waals surface area contributed by atoms with Crippen molar-refractivity contribution < 1.29 is 48.9 Å². The highest BCUT2D eigenvalue weighted by Crippen LogP contribution is 2.90. The molecule has 0 aromatic carbocycles. The van der Waals surface area contributed by atoms with Gasteiger partial charge in [-0.1, -0.05) is 40.7 Å². The number of aliphatic hydroxyl groups is 4. The first-order valence-corrected chi connectivity index (χ1v) is 19.1. The van der Waals surface area contributed by atoms with Gasteiger partial charge in [-0.3, -0.25) is 0 Å². The molecule has 3 aliphatic heterocycles. The molecule has 3 spiro atoms. The van der Waals surface area contributed by atoms with Crippen LogP contribution in [0.1, 0.15) is 107 Å². The van der Waals surface area contributed by atoms with Crippen molar-refractivity contribution in [2.24, 2.45) is 50.7 Å². The largest absolute Gasteiger partial charge is 0.451 e. The van der Waals surface area contributed by atoms with E-state index in [-0.39, 0.29) is 46.4 Å². The number of carbonyl (C=O) groups excluding carboxylic acids is 1. The van der Waals surface area contributed by atoms with E-state index in [9.17, 15) is 25.2 Å². The topological polar surface area (TPSA) is 144 Å². The second kappa shape index (κ2) is 10.7. The predicted molar refractivity (Wildman–Crippen MR) is 178 cm³/mol. The van der Waals surface area contributed by atoms with E-state index in [4.69, 9.17) is 23.7 Å². The molecule has 0 unspecified atom stereocenters. The standard InChI is InChI=1S/C39H60O10/c1-9-10-26(41)47-28-27(42)21(40)18-45-31(28)46-25-13-14-37-19-38(37)16-15-35(7)29-20(2)17-22-30(34(5,6)44)49-39(29,48-22)32(43)36(35,8)24(38)12-11-23(37)33(25,3)4/h9-10,20-25,27-32,40,42-44H,11-19H2,1-8H3/t20-,21+,22-,23+,24+,25+,27+,28-,29-,30+,31+,32-,35-,36-,37-,38+,39+/m1/s1. The van der Waals surface area contributed by atoms with Gasteiger partial charge in [0.05, 0.1) is 24.4 Å². The number of hydrogen-bond acceptors (Lipinski definition) is 10. The maximum Gasteiger partial charge on any atom is 0.330 e. The molecule has 0 aromatic heterocycles. The molecule has 0 radical (unpaired) electrons. The molecule has 10 nitrogen and oxygen atoms in total. The summed E-state index contributed by atoms with van der Waals surface area (Å²) < 4.78 is 31.8. The Bertz CT molecular complexity index is 1390. The molecule has 276 valence electrons. The molecule has 5 saturated carbocycles. The number of aliphatic hydroxyl groups excluding tert-OH is 3. The highest BCUT2D eigenvalue weighted by molar-refractivity contribution is 5.82. The van der Waals surface area contributed by atoms with Crippen molar-refractivity contribution in [3.05, 3.63) is 12.2 Å². The Kier molecular flexibility index (Phi) is 7.66. The van der Waals surface area contributed by atoms with Crippen molar-refractivity contribution in [3.8, 4) is 0 Å². The third kappa shape index (κ3) is 4.26. The van der Waals surface area contributed by atoms with E-state index < -0.39 is 59.6 Å². The van der Waals surface area contributed by atoms with Crippen LogP contribution in [0.15, 0.2) is 12.2 Å². The number of allylic oxidation sites excluding steroid dienone is 1. The van der Waals surface area contributed by atoms with Crippen molar-refractivity contribution in [1.29, 1.82) is 0 Å². The number of ether oxygens (including phenoxy) is 5. The molecule has 2 bridgehead atoms. The minimum absolute atomic E-state index is 0.0492. The summed E-state index contributed by atoms with van der Waals surface area (Å²) in [5.41, 5.74) is -1.60. The summed E-state index contributed by atoms with van der Waals surface area (Å²) in [7, 11) is 0. The molecule has 8 fully saturated rings. The number of fused-ring (bicyclic) bond motifs is 4. The van der Waals surface area contributed by atoms with Gasteiger partial charge in [0.2, 0.25) is 0 Å². The fourth-order valence-corrected chi connectivity index (χ4v) is 14.4. The Morgan fingerprint density at radius 2 is 1.65 bits per heavy atom. The fraction of sp³-hybridized carbons (Fsp3) is 0.923. The molecule has 8 aliphatic rings. The average molecular weight is 689 g/mol. The molecule has 0 amide bonds.